The summed E-state index contributed by atoms with van der Waals surface area (Å²) in [5, 5.41) is 10.1. The molecule has 0 bridgehead atoms. The van der Waals surface area contributed by atoms with Gasteiger partial charge in [0.25, 0.3) is 0 Å². The van der Waals surface area contributed by atoms with E-state index >= 15 is 0 Å². The van der Waals surface area contributed by atoms with Gasteiger partial charge in [0.1, 0.15) is 0 Å². The van der Waals surface area contributed by atoms with Crippen LogP contribution in [0.1, 0.15) is 55.5 Å². The molecule has 1 aromatic rings. The topological polar surface area (TPSA) is 20.2 Å². The van der Waals surface area contributed by atoms with Gasteiger partial charge in [0, 0.05) is 0 Å². The normalized spacial score (nSPS) is 13.8. The predicted octanol–water partition coefficient (Wildman–Crippen LogP) is 3.95. The fourth-order valence-corrected chi connectivity index (χ4v) is 2.44. The first-order valence-electron chi connectivity index (χ1n) is 6.18. The van der Waals surface area contributed by atoms with Gasteiger partial charge in [0.05, 0.1) is 6.10 Å². The number of hydrogen-bond acceptors (Lipinski definition) is 2. The maximum absolute atomic E-state index is 10.1. The Morgan fingerprint density at radius 2 is 1.65 bits per heavy atom. The zero-order valence-electron chi connectivity index (χ0n) is 11.5. The van der Waals surface area contributed by atoms with Crippen LogP contribution in [0, 0.1) is 13.8 Å². The molecule has 0 radical (unpaired) electrons. The molecule has 0 heterocycles. The van der Waals surface area contributed by atoms with E-state index in [2.05, 4.69) is 59.4 Å². The Morgan fingerprint density at radius 1 is 1.18 bits per heavy atom. The highest BCUT2D eigenvalue weighted by molar-refractivity contribution is 7.80. The summed E-state index contributed by atoms with van der Waals surface area (Å²) in [6.07, 6.45) is 0.321. The summed E-state index contributed by atoms with van der Waals surface area (Å²) < 4.78 is 0. The van der Waals surface area contributed by atoms with Crippen molar-refractivity contribution in [2.45, 2.75) is 52.6 Å². The van der Waals surface area contributed by atoms with E-state index < -0.39 is 0 Å². The van der Waals surface area contributed by atoms with Crippen LogP contribution in [0.5, 0.6) is 0 Å². The molecule has 1 rings (SSSR count). The van der Waals surface area contributed by atoms with Crippen molar-refractivity contribution in [2.24, 2.45) is 0 Å². The number of aliphatic hydroxyl groups is 1. The van der Waals surface area contributed by atoms with Gasteiger partial charge >= 0.3 is 0 Å². The van der Waals surface area contributed by atoms with Crippen molar-refractivity contribution >= 4 is 12.6 Å². The van der Waals surface area contributed by atoms with E-state index in [1.54, 1.807) is 0 Å². The Labute approximate surface area is 111 Å². The third-order valence-corrected chi connectivity index (χ3v) is 3.45. The molecule has 96 valence electrons. The lowest BCUT2D eigenvalue weighted by atomic mass is 9.83. The van der Waals surface area contributed by atoms with Gasteiger partial charge in [0.15, 0.2) is 0 Å². The van der Waals surface area contributed by atoms with Crippen molar-refractivity contribution in [2.75, 3.05) is 5.75 Å². The second-order valence-corrected chi connectivity index (χ2v) is 6.25. The molecule has 0 aliphatic carbocycles. The first-order chi connectivity index (χ1) is 7.77. The van der Waals surface area contributed by atoms with Gasteiger partial charge in [-0.15, -0.1) is 0 Å². The highest BCUT2D eigenvalue weighted by atomic mass is 32.1. The lowest BCUT2D eigenvalue weighted by Crippen LogP contribution is -2.13. The molecule has 17 heavy (non-hydrogen) atoms. The molecule has 1 atom stereocenters. The largest absolute Gasteiger partial charge is 0.388 e. The van der Waals surface area contributed by atoms with E-state index in [1.165, 1.54) is 16.7 Å². The standard InChI is InChI=1S/C15H24OS/c1-10-8-12(15(3,4)5)9-11(2)14(10)13(16)6-7-17/h8-9,13,16-17H,6-7H2,1-5H3. The van der Waals surface area contributed by atoms with Crippen molar-refractivity contribution in [3.8, 4) is 0 Å². The third-order valence-electron chi connectivity index (χ3n) is 3.20. The number of aliphatic hydroxyl groups excluding tert-OH is 1. The summed E-state index contributed by atoms with van der Waals surface area (Å²) in [6, 6.07) is 4.40. The summed E-state index contributed by atoms with van der Waals surface area (Å²) in [7, 11) is 0. The second kappa shape index (κ2) is 5.45. The zero-order chi connectivity index (χ0) is 13.2. The van der Waals surface area contributed by atoms with E-state index in [0.717, 1.165) is 5.56 Å². The van der Waals surface area contributed by atoms with Crippen molar-refractivity contribution in [1.29, 1.82) is 0 Å². The molecule has 0 fully saturated rings. The Bertz CT molecular complexity index is 367. The van der Waals surface area contributed by atoms with E-state index in [0.29, 0.717) is 12.2 Å². The maximum atomic E-state index is 10.1. The fourth-order valence-electron chi connectivity index (χ4n) is 2.20. The average molecular weight is 252 g/mol. The van der Waals surface area contributed by atoms with Crippen LogP contribution < -0.4 is 0 Å². The number of aryl methyl sites for hydroxylation is 2. The Kier molecular flexibility index (Phi) is 4.68. The monoisotopic (exact) mass is 252 g/mol. The smallest absolute Gasteiger partial charge is 0.0802 e. The lowest BCUT2D eigenvalue weighted by molar-refractivity contribution is 0.173. The van der Waals surface area contributed by atoms with Crippen LogP contribution in [0.25, 0.3) is 0 Å². The average Bonchev–Trinajstić information content (AvgIpc) is 2.15. The quantitative estimate of drug-likeness (QED) is 0.780. The molecule has 1 aromatic carbocycles. The number of rotatable bonds is 3. The molecule has 0 spiro atoms. The molecular weight excluding hydrogens is 228 g/mol. The summed E-state index contributed by atoms with van der Waals surface area (Å²) in [6.45, 7) is 10.8. The van der Waals surface area contributed by atoms with E-state index in [-0.39, 0.29) is 11.5 Å². The molecule has 0 aromatic heterocycles. The summed E-state index contributed by atoms with van der Waals surface area (Å²) >= 11 is 4.18. The van der Waals surface area contributed by atoms with Crippen molar-refractivity contribution in [1.82, 2.24) is 0 Å². The van der Waals surface area contributed by atoms with Crippen molar-refractivity contribution < 1.29 is 5.11 Å². The molecule has 1 N–H and O–H groups in total. The van der Waals surface area contributed by atoms with Crippen LogP contribution in [-0.4, -0.2) is 10.9 Å². The minimum Gasteiger partial charge on any atom is -0.388 e. The first kappa shape index (κ1) is 14.6. The van der Waals surface area contributed by atoms with Gasteiger partial charge in [-0.05, 0) is 53.7 Å². The summed E-state index contributed by atoms with van der Waals surface area (Å²) in [5.41, 5.74) is 4.93. The molecule has 0 aliphatic heterocycles. The highest BCUT2D eigenvalue weighted by Gasteiger charge is 2.18. The highest BCUT2D eigenvalue weighted by Crippen LogP contribution is 2.30. The van der Waals surface area contributed by atoms with E-state index in [1.807, 2.05) is 0 Å². The number of thiol groups is 1. The predicted molar refractivity (Wildman–Crippen MR) is 78.0 cm³/mol. The van der Waals surface area contributed by atoms with Crippen molar-refractivity contribution in [3.63, 3.8) is 0 Å². The lowest BCUT2D eigenvalue weighted by Gasteiger charge is -2.24. The second-order valence-electron chi connectivity index (χ2n) is 5.80. The minimum atomic E-state index is -0.387. The molecule has 1 nitrogen and oxygen atoms in total. The van der Waals surface area contributed by atoms with Gasteiger partial charge < -0.3 is 5.11 Å². The van der Waals surface area contributed by atoms with E-state index in [9.17, 15) is 5.11 Å². The zero-order valence-corrected chi connectivity index (χ0v) is 12.4. The Balaban J connectivity index is 3.20. The van der Waals surface area contributed by atoms with Gasteiger partial charge in [-0.25, -0.2) is 0 Å². The van der Waals surface area contributed by atoms with Gasteiger partial charge in [-0.3, -0.25) is 0 Å². The van der Waals surface area contributed by atoms with Gasteiger partial charge in [0.2, 0.25) is 0 Å². The Hall–Kier alpha value is -0.470. The molecule has 1 unspecified atom stereocenters. The van der Waals surface area contributed by atoms with Crippen LogP contribution in [0.3, 0.4) is 0 Å². The molecule has 0 amide bonds. The third kappa shape index (κ3) is 3.49. The van der Waals surface area contributed by atoms with Crippen LogP contribution in [0.4, 0.5) is 0 Å². The molecule has 0 saturated heterocycles. The van der Waals surface area contributed by atoms with Crippen molar-refractivity contribution in [3.05, 3.63) is 34.4 Å². The molecule has 0 saturated carbocycles. The maximum Gasteiger partial charge on any atom is 0.0802 e. The fraction of sp³-hybridized carbons (Fsp3) is 0.600. The molecular formula is C15H24OS. The van der Waals surface area contributed by atoms with Crippen LogP contribution in [-0.2, 0) is 5.41 Å². The first-order valence-corrected chi connectivity index (χ1v) is 6.81. The van der Waals surface area contributed by atoms with Crippen LogP contribution in [0.15, 0.2) is 12.1 Å². The molecule has 0 aliphatic rings. The Morgan fingerprint density at radius 3 is 2.00 bits per heavy atom. The number of hydrogen-bond donors (Lipinski definition) is 2. The summed E-state index contributed by atoms with van der Waals surface area (Å²) in [4.78, 5) is 0. The van der Waals surface area contributed by atoms with Gasteiger partial charge in [-0.2, -0.15) is 12.6 Å². The minimum absolute atomic E-state index is 0.155. The van der Waals surface area contributed by atoms with Crippen LogP contribution >= 0.6 is 12.6 Å². The number of benzene rings is 1. The SMILES string of the molecule is Cc1cc(C(C)(C)C)cc(C)c1C(O)CCS. The summed E-state index contributed by atoms with van der Waals surface area (Å²) in [5.74, 6) is 0.709. The molecule has 2 heteroatoms. The van der Waals surface area contributed by atoms with E-state index in [4.69, 9.17) is 0 Å². The van der Waals surface area contributed by atoms with Crippen LogP contribution in [0.2, 0.25) is 0 Å². The van der Waals surface area contributed by atoms with Gasteiger partial charge in [-0.1, -0.05) is 32.9 Å².